The molecule has 2 fully saturated rings. The maximum atomic E-state index is 12.3. The minimum atomic E-state index is -0.731. The highest BCUT2D eigenvalue weighted by Crippen LogP contribution is 2.48. The number of fused-ring (bicyclic) bond motifs is 1. The smallest absolute Gasteiger partial charge is 0.246 e. The summed E-state index contributed by atoms with van der Waals surface area (Å²) in [6.07, 6.45) is 7.90. The van der Waals surface area contributed by atoms with Gasteiger partial charge in [-0.05, 0) is 61.5 Å². The maximum Gasteiger partial charge on any atom is 0.246 e. The highest BCUT2D eigenvalue weighted by atomic mass is 16.5. The number of carbonyl (C=O) groups is 1. The van der Waals surface area contributed by atoms with E-state index in [1.54, 1.807) is 0 Å². The molecular weight excluding hydrogens is 446 g/mol. The van der Waals surface area contributed by atoms with Crippen LogP contribution in [0.4, 0.5) is 0 Å². The van der Waals surface area contributed by atoms with Crippen LogP contribution in [0.2, 0.25) is 0 Å². The Labute approximate surface area is 209 Å². The molecule has 1 saturated heterocycles. The first-order valence-electron chi connectivity index (χ1n) is 13.1. The second-order valence-electron chi connectivity index (χ2n) is 11.9. The number of amides is 1. The normalized spacial score (nSPS) is 24.8. The van der Waals surface area contributed by atoms with Crippen molar-refractivity contribution in [2.75, 3.05) is 33.5 Å². The van der Waals surface area contributed by atoms with Crippen LogP contribution in [0.25, 0.3) is 0 Å². The molecule has 1 saturated carbocycles. The van der Waals surface area contributed by atoms with E-state index in [-0.39, 0.29) is 35.6 Å². The lowest BCUT2D eigenvalue weighted by molar-refractivity contribution is -0.126. The fourth-order valence-electron chi connectivity index (χ4n) is 5.57. The number of nitrogens with zero attached hydrogens (tertiary/aromatic N) is 1. The molecule has 8 heteroatoms. The van der Waals surface area contributed by atoms with Gasteiger partial charge in [-0.2, -0.15) is 0 Å². The molecule has 1 aromatic heterocycles. The second kappa shape index (κ2) is 11.1. The Morgan fingerprint density at radius 1 is 1.37 bits per heavy atom. The van der Waals surface area contributed by atoms with Gasteiger partial charge in [-0.15, -0.1) is 0 Å². The minimum absolute atomic E-state index is 0.0180. The van der Waals surface area contributed by atoms with Crippen LogP contribution < -0.4 is 15.4 Å². The molecule has 35 heavy (non-hydrogen) atoms. The summed E-state index contributed by atoms with van der Waals surface area (Å²) in [5.74, 6) is 0.841. The van der Waals surface area contributed by atoms with Gasteiger partial charge in [0.2, 0.25) is 11.8 Å². The van der Waals surface area contributed by atoms with Crippen LogP contribution >= 0.6 is 0 Å². The van der Waals surface area contributed by atoms with Crippen molar-refractivity contribution in [2.45, 2.75) is 89.5 Å². The van der Waals surface area contributed by atoms with Crippen molar-refractivity contribution in [1.29, 1.82) is 0 Å². The molecule has 0 aromatic carbocycles. The van der Waals surface area contributed by atoms with Crippen molar-refractivity contribution in [2.24, 2.45) is 11.3 Å². The van der Waals surface area contributed by atoms with Crippen LogP contribution in [-0.4, -0.2) is 67.2 Å². The van der Waals surface area contributed by atoms with Gasteiger partial charge in [0.1, 0.15) is 12.2 Å². The topological polar surface area (TPSA) is 102 Å². The Morgan fingerprint density at radius 3 is 2.80 bits per heavy atom. The number of hydrogen-bond acceptors (Lipinski definition) is 7. The van der Waals surface area contributed by atoms with Crippen LogP contribution in [0.3, 0.4) is 0 Å². The van der Waals surface area contributed by atoms with Gasteiger partial charge in [-0.3, -0.25) is 4.79 Å². The molecule has 8 nitrogen and oxygen atoms in total. The number of pyridine rings is 1. The average molecular weight is 490 g/mol. The number of rotatable bonds is 10. The van der Waals surface area contributed by atoms with Crippen LogP contribution in [0, 0.1) is 11.3 Å². The van der Waals surface area contributed by atoms with Gasteiger partial charge >= 0.3 is 0 Å². The zero-order valence-corrected chi connectivity index (χ0v) is 21.8. The van der Waals surface area contributed by atoms with Gasteiger partial charge in [0.25, 0.3) is 0 Å². The third kappa shape index (κ3) is 6.94. The molecule has 1 spiro atoms. The molecular formula is C27H43N3O5. The first-order chi connectivity index (χ1) is 16.7. The largest absolute Gasteiger partial charge is 0.471 e. The number of ether oxygens (including phenoxy) is 3. The first-order valence-corrected chi connectivity index (χ1v) is 13.1. The number of aromatic nitrogens is 1. The van der Waals surface area contributed by atoms with Gasteiger partial charge in [-0.25, -0.2) is 4.98 Å². The molecule has 3 heterocycles. The fraction of sp³-hybridized carbons (Fsp3) is 0.778. The van der Waals surface area contributed by atoms with E-state index in [0.29, 0.717) is 31.4 Å². The summed E-state index contributed by atoms with van der Waals surface area (Å²) in [6, 6.07) is 1.90. The Kier molecular flexibility index (Phi) is 8.36. The fourth-order valence-corrected chi connectivity index (χ4v) is 5.57. The van der Waals surface area contributed by atoms with E-state index >= 15 is 0 Å². The van der Waals surface area contributed by atoms with E-state index in [2.05, 4.69) is 37.5 Å². The van der Waals surface area contributed by atoms with Crippen molar-refractivity contribution in [3.8, 4) is 5.88 Å². The lowest BCUT2D eigenvalue weighted by Gasteiger charge is -2.47. The van der Waals surface area contributed by atoms with Gasteiger partial charge < -0.3 is 30.0 Å². The molecule has 4 rings (SSSR count). The van der Waals surface area contributed by atoms with Crippen molar-refractivity contribution in [3.63, 3.8) is 0 Å². The van der Waals surface area contributed by atoms with Gasteiger partial charge in [-0.1, -0.05) is 20.8 Å². The van der Waals surface area contributed by atoms with Gasteiger partial charge in [0.05, 0.1) is 12.1 Å². The van der Waals surface area contributed by atoms with Crippen molar-refractivity contribution in [1.82, 2.24) is 15.6 Å². The Morgan fingerprint density at radius 2 is 2.17 bits per heavy atom. The Hall–Kier alpha value is -1.74. The molecule has 1 amide bonds. The van der Waals surface area contributed by atoms with E-state index in [9.17, 15) is 9.90 Å². The number of nitrogens with one attached hydrogen (secondary N) is 2. The predicted molar refractivity (Wildman–Crippen MR) is 133 cm³/mol. The standard InChI is InChI=1S/C27H43N3O5/c1-26(2,3)12-19-10-20-22(13-27(7-5-8-27)35-25(20)29-14-19)28-15-23(31)21(30-24(32)17-33-4)11-18-6-9-34-16-18/h10,14,18,21-23,28,31H,5-9,11-13,15-17H2,1-4H3,(H,30,32)/t18?,21-,22?,23+/m0/s1. The van der Waals surface area contributed by atoms with Crippen molar-refractivity contribution in [3.05, 3.63) is 23.4 Å². The summed E-state index contributed by atoms with van der Waals surface area (Å²) < 4.78 is 16.9. The van der Waals surface area contributed by atoms with E-state index in [0.717, 1.165) is 44.3 Å². The Balaban J connectivity index is 1.47. The highest BCUT2D eigenvalue weighted by Gasteiger charge is 2.46. The summed E-state index contributed by atoms with van der Waals surface area (Å²) in [5.41, 5.74) is 2.28. The SMILES string of the molecule is COCC(=O)N[C@@H](CC1CCOC1)[C@H](O)CNC1CC2(CCC2)Oc2ncc(CC(C)(C)C)cc21. The van der Waals surface area contributed by atoms with E-state index in [1.165, 1.54) is 19.1 Å². The lowest BCUT2D eigenvalue weighted by atomic mass is 9.73. The Bertz CT molecular complexity index is 861. The lowest BCUT2D eigenvalue weighted by Crippen LogP contribution is -2.52. The third-order valence-electron chi connectivity index (χ3n) is 7.47. The first kappa shape index (κ1) is 26.3. The number of aliphatic hydroxyl groups is 1. The molecule has 4 atom stereocenters. The van der Waals surface area contributed by atoms with Crippen LogP contribution in [0.1, 0.15) is 76.5 Å². The number of hydrogen-bond donors (Lipinski definition) is 3. The van der Waals surface area contributed by atoms with Gasteiger partial charge in [0, 0.05) is 51.1 Å². The molecule has 196 valence electrons. The second-order valence-corrected chi connectivity index (χ2v) is 11.9. The summed E-state index contributed by atoms with van der Waals surface area (Å²) in [4.78, 5) is 17.0. The molecule has 3 N–H and O–H groups in total. The predicted octanol–water partition coefficient (Wildman–Crippen LogP) is 2.92. The molecule has 0 radical (unpaired) electrons. The zero-order valence-electron chi connectivity index (χ0n) is 21.8. The molecule has 3 aliphatic rings. The van der Waals surface area contributed by atoms with Crippen molar-refractivity contribution < 1.29 is 24.1 Å². The molecule has 1 aromatic rings. The summed E-state index contributed by atoms with van der Waals surface area (Å²) >= 11 is 0. The van der Waals surface area contributed by atoms with E-state index in [1.807, 2.05) is 6.20 Å². The molecule has 1 aliphatic carbocycles. The third-order valence-corrected chi connectivity index (χ3v) is 7.47. The van der Waals surface area contributed by atoms with Gasteiger partial charge in [0.15, 0.2) is 0 Å². The summed E-state index contributed by atoms with van der Waals surface area (Å²) in [7, 11) is 1.50. The van der Waals surface area contributed by atoms with E-state index in [4.69, 9.17) is 19.2 Å². The number of methoxy groups -OCH3 is 1. The maximum absolute atomic E-state index is 12.3. The zero-order chi connectivity index (χ0) is 25.1. The summed E-state index contributed by atoms with van der Waals surface area (Å²) in [6.45, 7) is 8.45. The van der Waals surface area contributed by atoms with E-state index < -0.39 is 6.10 Å². The molecule has 2 aliphatic heterocycles. The molecule has 0 bridgehead atoms. The monoisotopic (exact) mass is 489 g/mol. The summed E-state index contributed by atoms with van der Waals surface area (Å²) in [5, 5.41) is 17.8. The number of carbonyl (C=O) groups excluding carboxylic acids is 1. The number of aliphatic hydroxyl groups excluding tert-OH is 1. The minimum Gasteiger partial charge on any atom is -0.471 e. The van der Waals surface area contributed by atoms with Crippen LogP contribution in [0.15, 0.2) is 12.3 Å². The quantitative estimate of drug-likeness (QED) is 0.464. The average Bonchev–Trinajstić information content (AvgIpc) is 3.28. The molecule has 2 unspecified atom stereocenters. The van der Waals surface area contributed by atoms with Crippen molar-refractivity contribution >= 4 is 5.91 Å². The highest BCUT2D eigenvalue weighted by molar-refractivity contribution is 5.77. The van der Waals surface area contributed by atoms with Crippen LogP contribution in [-0.2, 0) is 20.7 Å². The van der Waals surface area contributed by atoms with Crippen LogP contribution in [0.5, 0.6) is 5.88 Å².